The molecule has 3 rings (SSSR count). The predicted octanol–water partition coefficient (Wildman–Crippen LogP) is 3.92. The number of para-hydroxylation sites is 1. The first kappa shape index (κ1) is 22.9. The van der Waals surface area contributed by atoms with Gasteiger partial charge in [0.15, 0.2) is 6.61 Å². The van der Waals surface area contributed by atoms with E-state index in [1.807, 2.05) is 51.1 Å². The molecule has 0 fully saturated rings. The molecule has 1 N–H and O–H groups in total. The van der Waals surface area contributed by atoms with Crippen LogP contribution in [-0.2, 0) is 14.3 Å². The fourth-order valence-electron chi connectivity index (χ4n) is 3.12. The largest absolute Gasteiger partial charge is 0.452 e. The number of amides is 2. The Morgan fingerprint density at radius 2 is 1.75 bits per heavy atom. The van der Waals surface area contributed by atoms with E-state index in [2.05, 4.69) is 10.3 Å². The normalized spacial score (nSPS) is 10.8. The van der Waals surface area contributed by atoms with Crippen LogP contribution in [-0.4, -0.2) is 47.9 Å². The molecule has 0 aliphatic carbocycles. The Morgan fingerprint density at radius 3 is 2.44 bits per heavy atom. The Bertz CT molecular complexity index is 1140. The van der Waals surface area contributed by atoms with Gasteiger partial charge in [0.2, 0.25) is 5.91 Å². The van der Waals surface area contributed by atoms with Crippen molar-refractivity contribution in [1.29, 1.82) is 0 Å². The minimum atomic E-state index is -0.601. The second-order valence-corrected chi connectivity index (χ2v) is 8.01. The second kappa shape index (κ2) is 10.0. The lowest BCUT2D eigenvalue weighted by Crippen LogP contribution is -2.37. The molecule has 1 heterocycles. The minimum absolute atomic E-state index is 0.131. The van der Waals surface area contributed by atoms with Crippen molar-refractivity contribution in [1.82, 2.24) is 9.88 Å². The van der Waals surface area contributed by atoms with Crippen molar-refractivity contribution < 1.29 is 19.1 Å². The van der Waals surface area contributed by atoms with E-state index in [1.165, 1.54) is 11.9 Å². The van der Waals surface area contributed by atoms with Gasteiger partial charge in [0, 0.05) is 23.8 Å². The molecular weight excluding hydrogens is 406 g/mol. The molecule has 1 aromatic heterocycles. The first-order chi connectivity index (χ1) is 15.2. The molecule has 0 saturated heterocycles. The number of fused-ring (bicyclic) bond motifs is 1. The second-order valence-electron chi connectivity index (χ2n) is 8.01. The Kier molecular flexibility index (Phi) is 7.20. The standard InChI is InChI=1S/C25H27N3O4/c1-16(2)22-13-20(19-7-5-6-8-21(19)27-22)25(31)32-15-24(30)28(4)14-23(29)26-18-11-9-17(3)10-12-18/h5-13,16H,14-15H2,1-4H3,(H,26,29). The van der Waals surface area contributed by atoms with Gasteiger partial charge in [-0.2, -0.15) is 0 Å². The van der Waals surface area contributed by atoms with Crippen molar-refractivity contribution in [3.8, 4) is 0 Å². The van der Waals surface area contributed by atoms with E-state index < -0.39 is 18.5 Å². The summed E-state index contributed by atoms with van der Waals surface area (Å²) < 4.78 is 5.28. The van der Waals surface area contributed by atoms with Crippen LogP contribution in [0, 0.1) is 6.92 Å². The number of esters is 1. The number of nitrogens with one attached hydrogen (secondary N) is 1. The summed E-state index contributed by atoms with van der Waals surface area (Å²) in [6.45, 7) is 5.33. The number of anilines is 1. The van der Waals surface area contributed by atoms with E-state index in [1.54, 1.807) is 24.3 Å². The molecule has 0 radical (unpaired) electrons. The highest BCUT2D eigenvalue weighted by Gasteiger charge is 2.19. The highest BCUT2D eigenvalue weighted by Crippen LogP contribution is 2.23. The quantitative estimate of drug-likeness (QED) is 0.571. The van der Waals surface area contributed by atoms with Crippen molar-refractivity contribution in [2.45, 2.75) is 26.7 Å². The molecule has 2 aromatic carbocycles. The third-order valence-electron chi connectivity index (χ3n) is 5.02. The molecule has 0 spiro atoms. The van der Waals surface area contributed by atoms with Crippen LogP contribution in [0.4, 0.5) is 5.69 Å². The molecule has 0 bridgehead atoms. The van der Waals surface area contributed by atoms with Crippen LogP contribution in [0.3, 0.4) is 0 Å². The number of pyridine rings is 1. The number of hydrogen-bond acceptors (Lipinski definition) is 5. The molecule has 2 amide bonds. The number of likely N-dealkylation sites (N-methyl/N-ethyl adjacent to an activating group) is 1. The Morgan fingerprint density at radius 1 is 1.06 bits per heavy atom. The number of benzene rings is 2. The van der Waals surface area contributed by atoms with Crippen LogP contribution in [0.2, 0.25) is 0 Å². The molecule has 0 saturated carbocycles. The first-order valence-corrected chi connectivity index (χ1v) is 10.4. The number of hydrogen-bond donors (Lipinski definition) is 1. The molecular formula is C25H27N3O4. The van der Waals surface area contributed by atoms with E-state index in [0.717, 1.165) is 11.3 Å². The van der Waals surface area contributed by atoms with Gasteiger partial charge in [-0.25, -0.2) is 4.79 Å². The lowest BCUT2D eigenvalue weighted by atomic mass is 10.0. The van der Waals surface area contributed by atoms with Gasteiger partial charge in [-0.05, 0) is 37.1 Å². The number of ether oxygens (including phenoxy) is 1. The highest BCUT2D eigenvalue weighted by molar-refractivity contribution is 6.04. The van der Waals surface area contributed by atoms with Crippen LogP contribution >= 0.6 is 0 Å². The number of aromatic nitrogens is 1. The molecule has 0 unspecified atom stereocenters. The van der Waals surface area contributed by atoms with E-state index in [0.29, 0.717) is 22.2 Å². The lowest BCUT2D eigenvalue weighted by molar-refractivity contribution is -0.136. The molecule has 32 heavy (non-hydrogen) atoms. The summed E-state index contributed by atoms with van der Waals surface area (Å²) in [5, 5.41) is 3.40. The SMILES string of the molecule is Cc1ccc(NC(=O)CN(C)C(=O)COC(=O)c2cc(C(C)C)nc3ccccc23)cc1. The number of carbonyl (C=O) groups is 3. The zero-order chi connectivity index (χ0) is 23.3. The Hall–Kier alpha value is -3.74. The average molecular weight is 434 g/mol. The van der Waals surface area contributed by atoms with Crippen molar-refractivity contribution in [2.75, 3.05) is 25.5 Å². The average Bonchev–Trinajstić information content (AvgIpc) is 2.77. The van der Waals surface area contributed by atoms with Crippen molar-refractivity contribution in [2.24, 2.45) is 0 Å². The highest BCUT2D eigenvalue weighted by atomic mass is 16.5. The third-order valence-corrected chi connectivity index (χ3v) is 5.02. The fourth-order valence-corrected chi connectivity index (χ4v) is 3.12. The van der Waals surface area contributed by atoms with Gasteiger partial charge in [-0.1, -0.05) is 49.7 Å². The van der Waals surface area contributed by atoms with E-state index in [-0.39, 0.29) is 18.4 Å². The van der Waals surface area contributed by atoms with E-state index in [9.17, 15) is 14.4 Å². The molecule has 7 heteroatoms. The number of nitrogens with zero attached hydrogens (tertiary/aromatic N) is 2. The minimum Gasteiger partial charge on any atom is -0.452 e. The van der Waals surface area contributed by atoms with Gasteiger partial charge in [0.25, 0.3) is 5.91 Å². The fraction of sp³-hybridized carbons (Fsp3) is 0.280. The summed E-state index contributed by atoms with van der Waals surface area (Å²) in [6.07, 6.45) is 0. The smallest absolute Gasteiger partial charge is 0.339 e. The van der Waals surface area contributed by atoms with E-state index in [4.69, 9.17) is 4.74 Å². The number of carbonyl (C=O) groups excluding carboxylic acids is 3. The van der Waals surface area contributed by atoms with Gasteiger partial charge < -0.3 is 15.0 Å². The number of aryl methyl sites for hydroxylation is 1. The van der Waals surface area contributed by atoms with Crippen molar-refractivity contribution in [3.63, 3.8) is 0 Å². The van der Waals surface area contributed by atoms with Gasteiger partial charge in [0.05, 0.1) is 17.6 Å². The topological polar surface area (TPSA) is 88.6 Å². The van der Waals surface area contributed by atoms with Crippen LogP contribution in [0.25, 0.3) is 10.9 Å². The zero-order valence-corrected chi connectivity index (χ0v) is 18.7. The summed E-state index contributed by atoms with van der Waals surface area (Å²) in [5.74, 6) is -1.28. The van der Waals surface area contributed by atoms with Crippen LogP contribution in [0.5, 0.6) is 0 Å². The van der Waals surface area contributed by atoms with Crippen LogP contribution in [0.15, 0.2) is 54.6 Å². The number of rotatable bonds is 7. The maximum atomic E-state index is 12.8. The molecule has 7 nitrogen and oxygen atoms in total. The van der Waals surface area contributed by atoms with Gasteiger partial charge in [-0.15, -0.1) is 0 Å². The van der Waals surface area contributed by atoms with Gasteiger partial charge in [-0.3, -0.25) is 14.6 Å². The summed E-state index contributed by atoms with van der Waals surface area (Å²) in [5.41, 5.74) is 3.57. The first-order valence-electron chi connectivity index (χ1n) is 10.4. The molecule has 166 valence electrons. The lowest BCUT2D eigenvalue weighted by Gasteiger charge is -2.17. The van der Waals surface area contributed by atoms with E-state index >= 15 is 0 Å². The zero-order valence-electron chi connectivity index (χ0n) is 18.7. The van der Waals surface area contributed by atoms with Crippen molar-refractivity contribution >= 4 is 34.4 Å². The maximum Gasteiger partial charge on any atom is 0.339 e. The Balaban J connectivity index is 1.61. The monoisotopic (exact) mass is 433 g/mol. The summed E-state index contributed by atoms with van der Waals surface area (Å²) in [6, 6.07) is 16.4. The van der Waals surface area contributed by atoms with Crippen molar-refractivity contribution in [3.05, 3.63) is 71.4 Å². The predicted molar refractivity (Wildman–Crippen MR) is 124 cm³/mol. The molecule has 3 aromatic rings. The van der Waals surface area contributed by atoms with Gasteiger partial charge >= 0.3 is 5.97 Å². The molecule has 0 aliphatic rings. The summed E-state index contributed by atoms with van der Waals surface area (Å²) in [7, 11) is 1.49. The third kappa shape index (κ3) is 5.69. The van der Waals surface area contributed by atoms with Crippen LogP contribution in [0.1, 0.15) is 41.4 Å². The van der Waals surface area contributed by atoms with Crippen LogP contribution < -0.4 is 5.32 Å². The molecule has 0 aliphatic heterocycles. The Labute approximate surface area is 187 Å². The van der Waals surface area contributed by atoms with Gasteiger partial charge in [0.1, 0.15) is 0 Å². The molecule has 0 atom stereocenters. The summed E-state index contributed by atoms with van der Waals surface area (Å²) >= 11 is 0. The summed E-state index contributed by atoms with van der Waals surface area (Å²) in [4.78, 5) is 43.2. The maximum absolute atomic E-state index is 12.8.